The molecule has 0 saturated heterocycles. The van der Waals surface area contributed by atoms with Crippen LogP contribution in [0.25, 0.3) is 0 Å². The summed E-state index contributed by atoms with van der Waals surface area (Å²) < 4.78 is 29.8. The van der Waals surface area contributed by atoms with Gasteiger partial charge < -0.3 is 43.7 Å². The fraction of sp³-hybridized carbons (Fsp3) is 0.750. The van der Waals surface area contributed by atoms with Crippen LogP contribution in [-0.2, 0) is 38.0 Å². The Hall–Kier alpha value is -1.76. The average molecular weight is 396 g/mol. The first kappa shape index (κ1) is 25.2. The molecule has 0 spiro atoms. The van der Waals surface area contributed by atoms with E-state index in [1.54, 1.807) is 0 Å². The Balaban J connectivity index is 4.42. The number of rotatable bonds is 18. The summed E-state index contributed by atoms with van der Waals surface area (Å²) in [7, 11) is 0. The molecule has 0 aromatic rings. The van der Waals surface area contributed by atoms with Gasteiger partial charge in [-0.3, -0.25) is 0 Å². The lowest BCUT2D eigenvalue weighted by Crippen LogP contribution is -2.19. The van der Waals surface area contributed by atoms with Crippen LogP contribution in [0.5, 0.6) is 0 Å². The van der Waals surface area contributed by atoms with Crippen molar-refractivity contribution in [3.63, 3.8) is 0 Å². The minimum atomic E-state index is -0.891. The van der Waals surface area contributed by atoms with E-state index in [2.05, 4.69) is 0 Å². The van der Waals surface area contributed by atoms with Gasteiger partial charge in [-0.2, -0.15) is 0 Å². The molecule has 0 heterocycles. The number of hydrogen-bond acceptors (Lipinski definition) is 11. The van der Waals surface area contributed by atoms with Gasteiger partial charge in [0.2, 0.25) is 5.76 Å². The zero-order chi connectivity index (χ0) is 20.2. The van der Waals surface area contributed by atoms with Crippen molar-refractivity contribution in [2.24, 2.45) is 0 Å². The molecule has 27 heavy (non-hydrogen) atoms. The van der Waals surface area contributed by atoms with Gasteiger partial charge in [0.25, 0.3) is 0 Å². The standard InChI is InChI=1S/C16H28O11/c17-1-4-22-7-10-25-14(16(21)27-12-9-24-6-3-19)13-15(20)26-11-8-23-5-2-18/h13,17-19H,1-12H2/b14-13+. The van der Waals surface area contributed by atoms with Crippen LogP contribution in [0.1, 0.15) is 0 Å². The lowest BCUT2D eigenvalue weighted by Gasteiger charge is -2.11. The summed E-state index contributed by atoms with van der Waals surface area (Å²) in [5.74, 6) is -2.09. The predicted octanol–water partition coefficient (Wildman–Crippen LogP) is -2.00. The molecule has 0 bridgehead atoms. The fourth-order valence-corrected chi connectivity index (χ4v) is 1.48. The molecule has 0 atom stereocenters. The molecule has 0 unspecified atom stereocenters. The second-order valence-electron chi connectivity index (χ2n) is 4.67. The van der Waals surface area contributed by atoms with Gasteiger partial charge in [0.1, 0.15) is 19.8 Å². The van der Waals surface area contributed by atoms with Gasteiger partial charge in [0, 0.05) is 0 Å². The molecule has 0 radical (unpaired) electrons. The van der Waals surface area contributed by atoms with Crippen LogP contribution in [0, 0.1) is 0 Å². The summed E-state index contributed by atoms with van der Waals surface area (Å²) in [6, 6.07) is 0. The van der Waals surface area contributed by atoms with Crippen molar-refractivity contribution in [1.82, 2.24) is 0 Å². The van der Waals surface area contributed by atoms with Crippen molar-refractivity contribution in [3.8, 4) is 0 Å². The van der Waals surface area contributed by atoms with E-state index < -0.39 is 11.9 Å². The van der Waals surface area contributed by atoms with Crippen LogP contribution < -0.4 is 0 Å². The number of esters is 2. The van der Waals surface area contributed by atoms with Crippen molar-refractivity contribution in [2.75, 3.05) is 79.3 Å². The van der Waals surface area contributed by atoms with Crippen LogP contribution in [0.3, 0.4) is 0 Å². The summed E-state index contributed by atoms with van der Waals surface area (Å²) >= 11 is 0. The first-order valence-electron chi connectivity index (χ1n) is 8.39. The summed E-state index contributed by atoms with van der Waals surface area (Å²) in [4.78, 5) is 23.7. The monoisotopic (exact) mass is 396 g/mol. The summed E-state index contributed by atoms with van der Waals surface area (Å²) in [6.07, 6.45) is 0.842. The third-order valence-corrected chi connectivity index (χ3v) is 2.58. The minimum absolute atomic E-state index is 0.0468. The average Bonchev–Trinajstić information content (AvgIpc) is 2.66. The van der Waals surface area contributed by atoms with E-state index in [9.17, 15) is 9.59 Å². The molecule has 0 aliphatic rings. The Kier molecular flexibility index (Phi) is 17.8. The zero-order valence-corrected chi connectivity index (χ0v) is 15.2. The van der Waals surface area contributed by atoms with Gasteiger partial charge in [-0.1, -0.05) is 0 Å². The number of carbonyl (C=O) groups excluding carboxylic acids is 2. The lowest BCUT2D eigenvalue weighted by atomic mass is 10.4. The van der Waals surface area contributed by atoms with Crippen LogP contribution in [0.2, 0.25) is 0 Å². The Morgan fingerprint density at radius 2 is 1.04 bits per heavy atom. The maximum atomic E-state index is 12.0. The molecule has 11 heteroatoms. The smallest absolute Gasteiger partial charge is 0.373 e. The van der Waals surface area contributed by atoms with Crippen LogP contribution in [0.15, 0.2) is 11.8 Å². The number of carbonyl (C=O) groups is 2. The normalized spacial score (nSPS) is 11.3. The molecule has 3 N–H and O–H groups in total. The van der Waals surface area contributed by atoms with Crippen molar-refractivity contribution >= 4 is 11.9 Å². The highest BCUT2D eigenvalue weighted by Gasteiger charge is 2.16. The zero-order valence-electron chi connectivity index (χ0n) is 15.2. The number of ether oxygens (including phenoxy) is 6. The SMILES string of the molecule is O=C(/C=C(/OCCOCCO)C(=O)OCCOCCO)OCCOCCO. The fourth-order valence-electron chi connectivity index (χ4n) is 1.48. The van der Waals surface area contributed by atoms with E-state index in [4.69, 9.17) is 43.7 Å². The third-order valence-electron chi connectivity index (χ3n) is 2.58. The molecule has 0 rings (SSSR count). The molecule has 0 aromatic carbocycles. The maximum Gasteiger partial charge on any atom is 0.373 e. The Labute approximate surface area is 157 Å². The molecule has 0 saturated carbocycles. The molecule has 0 aromatic heterocycles. The quantitative estimate of drug-likeness (QED) is 0.102. The summed E-state index contributed by atoms with van der Waals surface area (Å²) in [5, 5.41) is 25.7. The third kappa shape index (κ3) is 16.2. The van der Waals surface area contributed by atoms with Crippen molar-refractivity contribution in [3.05, 3.63) is 11.8 Å². The van der Waals surface area contributed by atoms with Gasteiger partial charge in [-0.15, -0.1) is 0 Å². The molecule has 0 fully saturated rings. The maximum absolute atomic E-state index is 12.0. The molecule has 0 aliphatic carbocycles. The van der Waals surface area contributed by atoms with E-state index in [0.29, 0.717) is 0 Å². The number of aliphatic hydroxyl groups is 3. The van der Waals surface area contributed by atoms with Crippen LogP contribution >= 0.6 is 0 Å². The molecule has 0 aliphatic heterocycles. The van der Waals surface area contributed by atoms with E-state index in [1.165, 1.54) is 0 Å². The number of aliphatic hydroxyl groups excluding tert-OH is 3. The molecule has 11 nitrogen and oxygen atoms in total. The van der Waals surface area contributed by atoms with Crippen molar-refractivity contribution < 1.29 is 53.3 Å². The summed E-state index contributed by atoms with van der Waals surface area (Å²) in [6.45, 7) is -0.0234. The topological polar surface area (TPSA) is 150 Å². The van der Waals surface area contributed by atoms with Crippen molar-refractivity contribution in [1.29, 1.82) is 0 Å². The Bertz CT molecular complexity index is 411. The van der Waals surface area contributed by atoms with Gasteiger partial charge in [-0.25, -0.2) is 9.59 Å². The van der Waals surface area contributed by atoms with Gasteiger partial charge in [0.15, 0.2) is 0 Å². The Morgan fingerprint density at radius 3 is 1.52 bits per heavy atom. The highest BCUT2D eigenvalue weighted by molar-refractivity contribution is 5.94. The summed E-state index contributed by atoms with van der Waals surface area (Å²) in [5.41, 5.74) is 0. The van der Waals surface area contributed by atoms with Crippen LogP contribution in [0.4, 0.5) is 0 Å². The molecular weight excluding hydrogens is 368 g/mol. The van der Waals surface area contributed by atoms with Crippen molar-refractivity contribution in [2.45, 2.75) is 0 Å². The first-order chi connectivity index (χ1) is 13.2. The van der Waals surface area contributed by atoms with Crippen LogP contribution in [-0.4, -0.2) is 107 Å². The van der Waals surface area contributed by atoms with Gasteiger partial charge in [-0.05, 0) is 0 Å². The highest BCUT2D eigenvalue weighted by Crippen LogP contribution is 2.03. The first-order valence-corrected chi connectivity index (χ1v) is 8.39. The Morgan fingerprint density at radius 1 is 0.593 bits per heavy atom. The highest BCUT2D eigenvalue weighted by atomic mass is 16.6. The minimum Gasteiger partial charge on any atom is -0.484 e. The predicted molar refractivity (Wildman–Crippen MR) is 89.7 cm³/mol. The van der Waals surface area contributed by atoms with E-state index in [0.717, 1.165) is 6.08 Å². The lowest BCUT2D eigenvalue weighted by molar-refractivity contribution is -0.147. The molecule has 158 valence electrons. The largest absolute Gasteiger partial charge is 0.484 e. The van der Waals surface area contributed by atoms with Gasteiger partial charge >= 0.3 is 11.9 Å². The second-order valence-corrected chi connectivity index (χ2v) is 4.67. The van der Waals surface area contributed by atoms with Gasteiger partial charge in [0.05, 0.1) is 65.5 Å². The van der Waals surface area contributed by atoms with E-state index in [-0.39, 0.29) is 85.0 Å². The van der Waals surface area contributed by atoms with E-state index >= 15 is 0 Å². The second kappa shape index (κ2) is 19.0. The number of hydrogen-bond donors (Lipinski definition) is 3. The molecular formula is C16H28O11. The van der Waals surface area contributed by atoms with E-state index in [1.807, 2.05) is 0 Å². The molecule has 0 amide bonds.